The van der Waals surface area contributed by atoms with Crippen LogP contribution in [0.3, 0.4) is 0 Å². The number of rotatable bonds is 3. The quantitative estimate of drug-likeness (QED) is 0.699. The number of hydrogen-bond acceptors (Lipinski definition) is 4. The summed E-state index contributed by atoms with van der Waals surface area (Å²) in [7, 11) is 0. The van der Waals surface area contributed by atoms with E-state index in [1.165, 1.54) is 6.07 Å². The van der Waals surface area contributed by atoms with Crippen molar-refractivity contribution in [3.63, 3.8) is 0 Å². The van der Waals surface area contributed by atoms with Crippen molar-refractivity contribution in [2.45, 2.75) is 20.4 Å². The molecule has 0 amide bonds. The molecule has 0 unspecified atom stereocenters. The van der Waals surface area contributed by atoms with Gasteiger partial charge in [-0.15, -0.1) is 0 Å². The first-order valence-corrected chi connectivity index (χ1v) is 4.19. The second kappa shape index (κ2) is 3.93. The van der Waals surface area contributed by atoms with Crippen molar-refractivity contribution in [1.82, 2.24) is 9.78 Å². The highest BCUT2D eigenvalue weighted by atomic mass is 16.5. The summed E-state index contributed by atoms with van der Waals surface area (Å²) in [6.07, 6.45) is 0. The smallest absolute Gasteiger partial charge is 0.358 e. The number of nitrogens with two attached hydrogens (primary N) is 1. The summed E-state index contributed by atoms with van der Waals surface area (Å²) in [5.74, 6) is 0.0481. The van der Waals surface area contributed by atoms with E-state index in [2.05, 4.69) is 5.10 Å². The number of carbonyl (C=O) groups is 1. The minimum atomic E-state index is -0.429. The van der Waals surface area contributed by atoms with Gasteiger partial charge in [0.05, 0.1) is 6.61 Å². The topological polar surface area (TPSA) is 70.1 Å². The fourth-order valence-corrected chi connectivity index (χ4v) is 0.989. The minimum absolute atomic E-state index is 0.265. The molecule has 1 rings (SSSR count). The third-order valence-electron chi connectivity index (χ3n) is 1.60. The first-order valence-electron chi connectivity index (χ1n) is 4.19. The highest BCUT2D eigenvalue weighted by molar-refractivity contribution is 5.88. The molecule has 72 valence electrons. The van der Waals surface area contributed by atoms with E-state index in [0.29, 0.717) is 19.0 Å². The Labute approximate surface area is 76.5 Å². The van der Waals surface area contributed by atoms with Crippen molar-refractivity contribution >= 4 is 11.8 Å². The zero-order valence-corrected chi connectivity index (χ0v) is 7.78. The largest absolute Gasteiger partial charge is 0.461 e. The van der Waals surface area contributed by atoms with Gasteiger partial charge < -0.3 is 10.5 Å². The third-order valence-corrected chi connectivity index (χ3v) is 1.60. The number of ether oxygens (including phenoxy) is 1. The average molecular weight is 183 g/mol. The second-order valence-corrected chi connectivity index (χ2v) is 2.49. The number of nitrogens with zero attached hydrogens (tertiary/aromatic N) is 2. The first kappa shape index (κ1) is 9.57. The maximum absolute atomic E-state index is 11.2. The molecule has 13 heavy (non-hydrogen) atoms. The van der Waals surface area contributed by atoms with Crippen molar-refractivity contribution in [3.8, 4) is 0 Å². The molecule has 0 aromatic carbocycles. The molecule has 0 saturated carbocycles. The number of aryl methyl sites for hydroxylation is 1. The van der Waals surface area contributed by atoms with E-state index in [1.807, 2.05) is 6.92 Å². The Morgan fingerprint density at radius 2 is 2.38 bits per heavy atom. The molecule has 0 radical (unpaired) electrons. The highest BCUT2D eigenvalue weighted by Crippen LogP contribution is 2.07. The molecule has 1 aromatic heterocycles. The van der Waals surface area contributed by atoms with E-state index in [9.17, 15) is 4.79 Å². The molecule has 0 bridgehead atoms. The summed E-state index contributed by atoms with van der Waals surface area (Å²) < 4.78 is 6.32. The summed E-state index contributed by atoms with van der Waals surface area (Å²) in [4.78, 5) is 11.2. The SMILES string of the molecule is CCOC(=O)c1cc(N)n(CC)n1. The van der Waals surface area contributed by atoms with Gasteiger partial charge in [0.1, 0.15) is 5.82 Å². The molecule has 0 atom stereocenters. The van der Waals surface area contributed by atoms with Gasteiger partial charge in [-0.25, -0.2) is 9.48 Å². The normalized spacial score (nSPS) is 10.0. The molecule has 0 aliphatic heterocycles. The van der Waals surface area contributed by atoms with Crippen LogP contribution in [0.15, 0.2) is 6.07 Å². The summed E-state index contributed by atoms with van der Waals surface area (Å²) >= 11 is 0. The van der Waals surface area contributed by atoms with Crippen molar-refractivity contribution < 1.29 is 9.53 Å². The molecule has 1 heterocycles. The van der Waals surface area contributed by atoms with Crippen LogP contribution in [-0.4, -0.2) is 22.4 Å². The number of esters is 1. The van der Waals surface area contributed by atoms with Gasteiger partial charge in [0, 0.05) is 12.6 Å². The van der Waals surface area contributed by atoms with E-state index < -0.39 is 5.97 Å². The minimum Gasteiger partial charge on any atom is -0.461 e. The van der Waals surface area contributed by atoms with Gasteiger partial charge in [-0.1, -0.05) is 0 Å². The van der Waals surface area contributed by atoms with Crippen LogP contribution in [0.5, 0.6) is 0 Å². The summed E-state index contributed by atoms with van der Waals surface area (Å²) in [6.45, 7) is 4.64. The number of nitrogen functional groups attached to an aromatic ring is 1. The van der Waals surface area contributed by atoms with E-state index in [0.717, 1.165) is 0 Å². The molecular formula is C8H13N3O2. The molecular weight excluding hydrogens is 170 g/mol. The van der Waals surface area contributed by atoms with Crippen LogP contribution < -0.4 is 5.73 Å². The van der Waals surface area contributed by atoms with E-state index in [1.54, 1.807) is 11.6 Å². The monoisotopic (exact) mass is 183 g/mol. The maximum atomic E-state index is 11.2. The van der Waals surface area contributed by atoms with Crippen LogP contribution in [-0.2, 0) is 11.3 Å². The Hall–Kier alpha value is -1.52. The van der Waals surface area contributed by atoms with Crippen LogP contribution >= 0.6 is 0 Å². The van der Waals surface area contributed by atoms with Crippen molar-refractivity contribution in [2.75, 3.05) is 12.3 Å². The molecule has 0 saturated heterocycles. The molecule has 0 spiro atoms. The van der Waals surface area contributed by atoms with Gasteiger partial charge in [-0.05, 0) is 13.8 Å². The Morgan fingerprint density at radius 3 is 2.85 bits per heavy atom. The van der Waals surface area contributed by atoms with Crippen molar-refractivity contribution in [1.29, 1.82) is 0 Å². The summed E-state index contributed by atoms with van der Waals surface area (Å²) in [5.41, 5.74) is 5.84. The van der Waals surface area contributed by atoms with Crippen LogP contribution in [0.2, 0.25) is 0 Å². The maximum Gasteiger partial charge on any atom is 0.358 e. The lowest BCUT2D eigenvalue weighted by atomic mass is 10.4. The number of carbonyl (C=O) groups excluding carboxylic acids is 1. The first-order chi connectivity index (χ1) is 6.19. The zero-order valence-electron chi connectivity index (χ0n) is 7.78. The lowest BCUT2D eigenvalue weighted by Gasteiger charge is -1.97. The molecule has 1 aromatic rings. The molecule has 0 aliphatic carbocycles. The van der Waals surface area contributed by atoms with Crippen LogP contribution in [0.4, 0.5) is 5.82 Å². The summed E-state index contributed by atoms with van der Waals surface area (Å²) in [5, 5.41) is 3.96. The fourth-order valence-electron chi connectivity index (χ4n) is 0.989. The Bertz CT molecular complexity index is 306. The van der Waals surface area contributed by atoms with Gasteiger partial charge in [0.15, 0.2) is 5.69 Å². The van der Waals surface area contributed by atoms with Crippen LogP contribution in [0.25, 0.3) is 0 Å². The molecule has 0 fully saturated rings. The van der Waals surface area contributed by atoms with E-state index >= 15 is 0 Å². The molecule has 2 N–H and O–H groups in total. The number of anilines is 1. The lowest BCUT2D eigenvalue weighted by molar-refractivity contribution is 0.0518. The number of hydrogen-bond donors (Lipinski definition) is 1. The Balaban J connectivity index is 2.84. The second-order valence-electron chi connectivity index (χ2n) is 2.49. The Kier molecular flexibility index (Phi) is 2.89. The van der Waals surface area contributed by atoms with Gasteiger partial charge in [-0.2, -0.15) is 5.10 Å². The summed E-state index contributed by atoms with van der Waals surface area (Å²) in [6, 6.07) is 1.52. The highest BCUT2D eigenvalue weighted by Gasteiger charge is 2.12. The van der Waals surface area contributed by atoms with Gasteiger partial charge in [0.2, 0.25) is 0 Å². The standard InChI is InChI=1S/C8H13N3O2/c1-3-11-7(9)5-6(10-11)8(12)13-4-2/h5H,3-4,9H2,1-2H3. The van der Waals surface area contributed by atoms with Gasteiger partial charge >= 0.3 is 5.97 Å². The van der Waals surface area contributed by atoms with Crippen LogP contribution in [0, 0.1) is 0 Å². The molecule has 5 nitrogen and oxygen atoms in total. The van der Waals surface area contributed by atoms with Crippen molar-refractivity contribution in [2.24, 2.45) is 0 Å². The fraction of sp³-hybridized carbons (Fsp3) is 0.500. The lowest BCUT2D eigenvalue weighted by Crippen LogP contribution is -2.07. The predicted molar refractivity (Wildman–Crippen MR) is 48.3 cm³/mol. The van der Waals surface area contributed by atoms with E-state index in [-0.39, 0.29) is 5.69 Å². The molecule has 0 aliphatic rings. The van der Waals surface area contributed by atoms with Crippen molar-refractivity contribution in [3.05, 3.63) is 11.8 Å². The van der Waals surface area contributed by atoms with E-state index in [4.69, 9.17) is 10.5 Å². The predicted octanol–water partition coefficient (Wildman–Crippen LogP) is 0.662. The van der Waals surface area contributed by atoms with Gasteiger partial charge in [0.25, 0.3) is 0 Å². The number of aromatic nitrogens is 2. The third kappa shape index (κ3) is 1.99. The Morgan fingerprint density at radius 1 is 1.69 bits per heavy atom. The van der Waals surface area contributed by atoms with Gasteiger partial charge in [-0.3, -0.25) is 0 Å². The zero-order chi connectivity index (χ0) is 9.84. The van der Waals surface area contributed by atoms with Crippen LogP contribution in [0.1, 0.15) is 24.3 Å². The molecule has 5 heteroatoms. The average Bonchev–Trinajstić information content (AvgIpc) is 2.47.